The second kappa shape index (κ2) is 9.48. The van der Waals surface area contributed by atoms with E-state index in [1.54, 1.807) is 24.3 Å². The lowest BCUT2D eigenvalue weighted by atomic mass is 10.0. The van der Waals surface area contributed by atoms with Crippen LogP contribution in [0.15, 0.2) is 115 Å². The van der Waals surface area contributed by atoms with Crippen LogP contribution in [0.1, 0.15) is 62.2 Å². The SMILES string of the molecule is C[C@H](NC(=O)c1ccc(C(=O)C2[C@@H](c3ccccc3)[C@@H]2c2ccccc2)cc1)c1ccccc1. The molecule has 5 rings (SSSR count). The second-order valence-corrected chi connectivity index (χ2v) is 8.95. The van der Waals surface area contributed by atoms with E-state index in [4.69, 9.17) is 0 Å². The van der Waals surface area contributed by atoms with Gasteiger partial charge in [0.05, 0.1) is 6.04 Å². The van der Waals surface area contributed by atoms with Crippen LogP contribution in [0.3, 0.4) is 0 Å². The third kappa shape index (κ3) is 4.42. The number of ketones is 1. The standard InChI is InChI=1S/C31H27NO2/c1-21(22-11-5-2-6-12-22)32-31(34)26-19-17-25(18-20-26)30(33)29-27(23-13-7-3-8-14-23)28(29)24-15-9-4-10-16-24/h2-21,27-29H,1H3,(H,32,34)/t21-,27-,28-/m0/s1. The second-order valence-electron chi connectivity index (χ2n) is 8.95. The molecule has 1 aliphatic rings. The lowest BCUT2D eigenvalue weighted by molar-refractivity contribution is 0.0935. The van der Waals surface area contributed by atoms with E-state index in [1.807, 2.05) is 73.7 Å². The highest BCUT2D eigenvalue weighted by molar-refractivity contribution is 6.03. The van der Waals surface area contributed by atoms with Gasteiger partial charge < -0.3 is 5.32 Å². The molecule has 0 spiro atoms. The van der Waals surface area contributed by atoms with E-state index in [0.29, 0.717) is 11.1 Å². The van der Waals surface area contributed by atoms with E-state index >= 15 is 0 Å². The van der Waals surface area contributed by atoms with Gasteiger partial charge in [0.25, 0.3) is 5.91 Å². The van der Waals surface area contributed by atoms with E-state index in [9.17, 15) is 9.59 Å². The predicted molar refractivity (Wildman–Crippen MR) is 135 cm³/mol. The largest absolute Gasteiger partial charge is 0.346 e. The fourth-order valence-corrected chi connectivity index (χ4v) is 4.90. The summed E-state index contributed by atoms with van der Waals surface area (Å²) in [6.45, 7) is 1.96. The predicted octanol–water partition coefficient (Wildman–Crippen LogP) is 6.56. The van der Waals surface area contributed by atoms with Crippen LogP contribution in [0, 0.1) is 5.92 Å². The summed E-state index contributed by atoms with van der Waals surface area (Å²) < 4.78 is 0. The highest BCUT2D eigenvalue weighted by Gasteiger charge is 2.55. The van der Waals surface area contributed by atoms with Crippen molar-refractivity contribution in [2.24, 2.45) is 5.92 Å². The highest BCUT2D eigenvalue weighted by Crippen LogP contribution is 2.61. The molecule has 0 heterocycles. The van der Waals surface area contributed by atoms with Crippen molar-refractivity contribution >= 4 is 11.7 Å². The molecule has 0 unspecified atom stereocenters. The van der Waals surface area contributed by atoms with Crippen molar-refractivity contribution in [3.05, 3.63) is 143 Å². The van der Waals surface area contributed by atoms with Crippen LogP contribution in [0.25, 0.3) is 0 Å². The molecule has 168 valence electrons. The molecular weight excluding hydrogens is 418 g/mol. The van der Waals surface area contributed by atoms with Crippen molar-refractivity contribution < 1.29 is 9.59 Å². The first kappa shape index (κ1) is 21.8. The molecule has 0 bridgehead atoms. The Hall–Kier alpha value is -3.98. The van der Waals surface area contributed by atoms with E-state index in [-0.39, 0.29) is 35.5 Å². The zero-order valence-corrected chi connectivity index (χ0v) is 19.1. The number of hydrogen-bond donors (Lipinski definition) is 1. The van der Waals surface area contributed by atoms with Crippen molar-refractivity contribution in [2.45, 2.75) is 24.8 Å². The fourth-order valence-electron chi connectivity index (χ4n) is 4.90. The van der Waals surface area contributed by atoms with Crippen molar-refractivity contribution in [1.82, 2.24) is 5.32 Å². The van der Waals surface area contributed by atoms with Crippen LogP contribution in [0.4, 0.5) is 0 Å². The first-order valence-electron chi connectivity index (χ1n) is 11.7. The third-order valence-electron chi connectivity index (χ3n) is 6.77. The van der Waals surface area contributed by atoms with Crippen LogP contribution in [0.2, 0.25) is 0 Å². The minimum absolute atomic E-state index is 0.0948. The van der Waals surface area contributed by atoms with Crippen LogP contribution in [0.5, 0.6) is 0 Å². The van der Waals surface area contributed by atoms with Gasteiger partial charge in [-0.3, -0.25) is 9.59 Å². The van der Waals surface area contributed by atoms with Gasteiger partial charge in [0.15, 0.2) is 5.78 Å². The Labute approximate surface area is 200 Å². The number of Topliss-reactive ketones (excluding diaryl/α,β-unsaturated/α-hetero) is 1. The number of rotatable bonds is 7. The van der Waals surface area contributed by atoms with Gasteiger partial charge in [-0.2, -0.15) is 0 Å². The number of amides is 1. The monoisotopic (exact) mass is 445 g/mol. The summed E-state index contributed by atoms with van der Waals surface area (Å²) in [6, 6.07) is 37.4. The van der Waals surface area contributed by atoms with Crippen molar-refractivity contribution in [2.75, 3.05) is 0 Å². The Morgan fingerprint density at radius 2 is 1.06 bits per heavy atom. The Bertz CT molecular complexity index is 1220. The van der Waals surface area contributed by atoms with Gasteiger partial charge in [-0.15, -0.1) is 0 Å². The van der Waals surface area contributed by atoms with Gasteiger partial charge in [0, 0.05) is 28.9 Å². The number of hydrogen-bond acceptors (Lipinski definition) is 2. The van der Waals surface area contributed by atoms with Gasteiger partial charge in [-0.25, -0.2) is 0 Å². The average molecular weight is 446 g/mol. The van der Waals surface area contributed by atoms with Crippen molar-refractivity contribution in [3.8, 4) is 0 Å². The maximum Gasteiger partial charge on any atom is 0.251 e. The van der Waals surface area contributed by atoms with E-state index in [2.05, 4.69) is 29.6 Å². The number of nitrogens with one attached hydrogen (secondary N) is 1. The highest BCUT2D eigenvalue weighted by atomic mass is 16.1. The topological polar surface area (TPSA) is 46.2 Å². The molecule has 3 heteroatoms. The molecule has 0 saturated heterocycles. The summed E-state index contributed by atoms with van der Waals surface area (Å²) in [6.07, 6.45) is 0. The zero-order valence-electron chi connectivity index (χ0n) is 19.1. The van der Waals surface area contributed by atoms with Crippen LogP contribution < -0.4 is 5.32 Å². The van der Waals surface area contributed by atoms with Gasteiger partial charge in [-0.05, 0) is 35.7 Å². The smallest absolute Gasteiger partial charge is 0.251 e. The lowest BCUT2D eigenvalue weighted by Crippen LogP contribution is -2.26. The average Bonchev–Trinajstić information content (AvgIpc) is 3.65. The molecule has 0 aliphatic heterocycles. The first-order chi connectivity index (χ1) is 16.6. The summed E-state index contributed by atoms with van der Waals surface area (Å²) in [4.78, 5) is 26.3. The summed E-state index contributed by atoms with van der Waals surface area (Å²) in [5, 5.41) is 3.03. The molecule has 34 heavy (non-hydrogen) atoms. The Balaban J connectivity index is 1.32. The number of benzene rings is 4. The van der Waals surface area contributed by atoms with Crippen molar-refractivity contribution in [3.63, 3.8) is 0 Å². The normalized spacial score (nSPS) is 19.7. The third-order valence-corrected chi connectivity index (χ3v) is 6.77. The van der Waals surface area contributed by atoms with Crippen molar-refractivity contribution in [1.29, 1.82) is 0 Å². The molecule has 0 aromatic heterocycles. The summed E-state index contributed by atoms with van der Waals surface area (Å²) >= 11 is 0. The van der Waals surface area contributed by atoms with E-state index in [0.717, 1.165) is 5.56 Å². The van der Waals surface area contributed by atoms with Gasteiger partial charge in [0.2, 0.25) is 0 Å². The van der Waals surface area contributed by atoms with E-state index < -0.39 is 0 Å². The van der Waals surface area contributed by atoms with Gasteiger partial charge >= 0.3 is 0 Å². The Morgan fingerprint density at radius 3 is 1.56 bits per heavy atom. The summed E-state index contributed by atoms with van der Waals surface area (Å²) in [7, 11) is 0. The van der Waals surface area contributed by atoms with Gasteiger partial charge in [-0.1, -0.05) is 103 Å². The fraction of sp³-hybridized carbons (Fsp3) is 0.161. The maximum absolute atomic E-state index is 13.5. The molecule has 0 radical (unpaired) electrons. The molecular formula is C31H27NO2. The lowest BCUT2D eigenvalue weighted by Gasteiger charge is -2.14. The molecule has 3 nitrogen and oxygen atoms in total. The quantitative estimate of drug-likeness (QED) is 0.328. The zero-order chi connectivity index (χ0) is 23.5. The Kier molecular flexibility index (Phi) is 6.09. The molecule has 1 N–H and O–H groups in total. The molecule has 1 saturated carbocycles. The van der Waals surface area contributed by atoms with Crippen LogP contribution in [-0.4, -0.2) is 11.7 Å². The first-order valence-corrected chi connectivity index (χ1v) is 11.7. The van der Waals surface area contributed by atoms with Crippen LogP contribution >= 0.6 is 0 Å². The molecule has 1 amide bonds. The summed E-state index contributed by atoms with van der Waals surface area (Å²) in [5.41, 5.74) is 4.64. The number of carbonyl (C=O) groups is 2. The Morgan fingerprint density at radius 1 is 0.618 bits per heavy atom. The van der Waals surface area contributed by atoms with Crippen LogP contribution in [-0.2, 0) is 0 Å². The maximum atomic E-state index is 13.5. The van der Waals surface area contributed by atoms with Gasteiger partial charge in [0.1, 0.15) is 0 Å². The molecule has 1 aliphatic carbocycles. The number of carbonyl (C=O) groups excluding carboxylic acids is 2. The molecule has 3 atom stereocenters. The minimum atomic E-state index is -0.147. The molecule has 4 aromatic carbocycles. The minimum Gasteiger partial charge on any atom is -0.346 e. The van der Waals surface area contributed by atoms with E-state index in [1.165, 1.54) is 11.1 Å². The molecule has 1 fully saturated rings. The molecule has 4 aromatic rings. The summed E-state index contributed by atoms with van der Waals surface area (Å²) in [5.74, 6) is 0.234.